The van der Waals surface area contributed by atoms with E-state index in [0.717, 1.165) is 34.4 Å². The number of pyridine rings is 1. The number of rotatable bonds is 4. The average molecular weight is 390 g/mol. The van der Waals surface area contributed by atoms with Crippen molar-refractivity contribution in [3.63, 3.8) is 0 Å². The maximum absolute atomic E-state index is 10.2. The second kappa shape index (κ2) is 7.76. The van der Waals surface area contributed by atoms with Crippen LogP contribution in [0.4, 0.5) is 0 Å². The molecule has 2 N–H and O–H groups in total. The van der Waals surface area contributed by atoms with Crippen molar-refractivity contribution >= 4 is 0 Å². The summed E-state index contributed by atoms with van der Waals surface area (Å²) < 4.78 is 11.0. The molecule has 1 aliphatic rings. The van der Waals surface area contributed by atoms with Gasteiger partial charge in [0.2, 0.25) is 5.88 Å². The topological polar surface area (TPSA) is 63.6 Å². The molecule has 2 atom stereocenters. The molecule has 5 nitrogen and oxygen atoms in total. The number of aryl methyl sites for hydroxylation is 2. The van der Waals surface area contributed by atoms with E-state index in [9.17, 15) is 5.11 Å². The number of ether oxygens (including phenoxy) is 2. The standard InChI is InChI=1S/C24H26N2O3/c1-14-10-17(11-15(2)23(14)27)22-19-8-7-18(28-3)12-16(19)13-21(26-22)20-6-5-9-25-24(20)29-4/h5-12,21-22,26-27H,13H2,1-4H3/t21-,22-/m0/s1. The van der Waals surface area contributed by atoms with Crippen LogP contribution in [0.5, 0.6) is 17.4 Å². The molecule has 1 aliphatic heterocycles. The van der Waals surface area contributed by atoms with E-state index in [4.69, 9.17) is 9.47 Å². The Morgan fingerprint density at radius 2 is 1.76 bits per heavy atom. The van der Waals surface area contributed by atoms with Gasteiger partial charge in [-0.1, -0.05) is 24.3 Å². The lowest BCUT2D eigenvalue weighted by Crippen LogP contribution is -2.34. The van der Waals surface area contributed by atoms with E-state index >= 15 is 0 Å². The molecule has 4 rings (SSSR count). The van der Waals surface area contributed by atoms with Crippen LogP contribution in [0.15, 0.2) is 48.7 Å². The zero-order valence-corrected chi connectivity index (χ0v) is 17.2. The van der Waals surface area contributed by atoms with Crippen molar-refractivity contribution < 1.29 is 14.6 Å². The first kappa shape index (κ1) is 19.3. The van der Waals surface area contributed by atoms with Crippen molar-refractivity contribution in [3.8, 4) is 17.4 Å². The van der Waals surface area contributed by atoms with Crippen LogP contribution in [0.3, 0.4) is 0 Å². The van der Waals surface area contributed by atoms with Crippen LogP contribution in [-0.2, 0) is 6.42 Å². The van der Waals surface area contributed by atoms with Crippen LogP contribution in [0, 0.1) is 13.8 Å². The van der Waals surface area contributed by atoms with Gasteiger partial charge in [-0.2, -0.15) is 0 Å². The van der Waals surface area contributed by atoms with Crippen LogP contribution < -0.4 is 14.8 Å². The molecular formula is C24H26N2O3. The summed E-state index contributed by atoms with van der Waals surface area (Å²) in [7, 11) is 3.34. The molecule has 0 amide bonds. The number of aromatic nitrogens is 1. The SMILES string of the molecule is COc1ccc2c(c1)C[C@@H](c1cccnc1OC)N[C@H]2c1cc(C)c(O)c(C)c1. The molecule has 0 saturated carbocycles. The van der Waals surface area contributed by atoms with E-state index in [2.05, 4.69) is 40.6 Å². The van der Waals surface area contributed by atoms with Crippen LogP contribution in [0.2, 0.25) is 0 Å². The van der Waals surface area contributed by atoms with Gasteiger partial charge in [-0.05, 0) is 66.3 Å². The number of fused-ring (bicyclic) bond motifs is 1. The third-order valence-corrected chi connectivity index (χ3v) is 5.67. The molecular weight excluding hydrogens is 364 g/mol. The zero-order chi connectivity index (χ0) is 20.5. The Morgan fingerprint density at radius 3 is 2.45 bits per heavy atom. The number of aromatic hydroxyl groups is 1. The highest BCUT2D eigenvalue weighted by Crippen LogP contribution is 2.40. The number of benzene rings is 2. The predicted molar refractivity (Wildman–Crippen MR) is 113 cm³/mol. The fraction of sp³-hybridized carbons (Fsp3) is 0.292. The molecule has 2 heterocycles. The molecule has 0 bridgehead atoms. The van der Waals surface area contributed by atoms with Crippen molar-refractivity contribution in [2.24, 2.45) is 0 Å². The minimum atomic E-state index is -0.0161. The molecule has 0 saturated heterocycles. The molecule has 150 valence electrons. The van der Waals surface area contributed by atoms with Gasteiger partial charge in [0.05, 0.1) is 20.3 Å². The van der Waals surface area contributed by atoms with Gasteiger partial charge in [0.15, 0.2) is 0 Å². The van der Waals surface area contributed by atoms with Gasteiger partial charge in [-0.15, -0.1) is 0 Å². The fourth-order valence-electron chi connectivity index (χ4n) is 4.21. The van der Waals surface area contributed by atoms with Gasteiger partial charge in [0.1, 0.15) is 11.5 Å². The third-order valence-electron chi connectivity index (χ3n) is 5.67. The van der Waals surface area contributed by atoms with Crippen molar-refractivity contribution in [1.29, 1.82) is 0 Å². The van der Waals surface area contributed by atoms with E-state index in [1.165, 1.54) is 11.1 Å². The Hall–Kier alpha value is -3.05. The van der Waals surface area contributed by atoms with E-state index in [1.807, 2.05) is 26.0 Å². The first-order valence-electron chi connectivity index (χ1n) is 9.73. The summed E-state index contributed by atoms with van der Waals surface area (Å²) >= 11 is 0. The lowest BCUT2D eigenvalue weighted by Gasteiger charge is -2.35. The Bertz CT molecular complexity index is 1030. The molecule has 3 aromatic rings. The van der Waals surface area contributed by atoms with Crippen LogP contribution >= 0.6 is 0 Å². The predicted octanol–water partition coefficient (Wildman–Crippen LogP) is 4.40. The summed E-state index contributed by atoms with van der Waals surface area (Å²) in [6.45, 7) is 3.87. The molecule has 5 heteroatoms. The van der Waals surface area contributed by atoms with E-state index < -0.39 is 0 Å². The van der Waals surface area contributed by atoms with Gasteiger partial charge in [0.25, 0.3) is 0 Å². The van der Waals surface area contributed by atoms with Gasteiger partial charge >= 0.3 is 0 Å². The number of phenolic OH excluding ortho intramolecular Hbond substituents is 1. The first-order chi connectivity index (χ1) is 14.0. The van der Waals surface area contributed by atoms with Crippen molar-refractivity contribution in [2.45, 2.75) is 32.4 Å². The lowest BCUT2D eigenvalue weighted by molar-refractivity contribution is 0.371. The molecule has 0 unspecified atom stereocenters. The van der Waals surface area contributed by atoms with Crippen LogP contribution in [-0.4, -0.2) is 24.3 Å². The second-order valence-corrected chi connectivity index (χ2v) is 7.53. The summed E-state index contributed by atoms with van der Waals surface area (Å²) in [5.41, 5.74) is 6.34. The lowest BCUT2D eigenvalue weighted by atomic mass is 9.84. The van der Waals surface area contributed by atoms with E-state index in [0.29, 0.717) is 11.6 Å². The first-order valence-corrected chi connectivity index (χ1v) is 9.73. The highest BCUT2D eigenvalue weighted by molar-refractivity contribution is 5.50. The monoisotopic (exact) mass is 390 g/mol. The Balaban J connectivity index is 1.84. The van der Waals surface area contributed by atoms with Crippen molar-refractivity contribution in [3.05, 3.63) is 82.0 Å². The van der Waals surface area contributed by atoms with Crippen molar-refractivity contribution in [1.82, 2.24) is 10.3 Å². The van der Waals surface area contributed by atoms with E-state index in [-0.39, 0.29) is 12.1 Å². The Kier molecular flexibility index (Phi) is 5.16. The summed E-state index contributed by atoms with van der Waals surface area (Å²) in [5.74, 6) is 1.83. The largest absolute Gasteiger partial charge is 0.507 e. The molecule has 0 radical (unpaired) electrons. The summed E-state index contributed by atoms with van der Waals surface area (Å²) in [6.07, 6.45) is 2.55. The minimum Gasteiger partial charge on any atom is -0.507 e. The number of phenols is 1. The minimum absolute atomic E-state index is 0.0161. The number of hydrogen-bond donors (Lipinski definition) is 2. The van der Waals surface area contributed by atoms with Gasteiger partial charge in [-0.25, -0.2) is 4.98 Å². The smallest absolute Gasteiger partial charge is 0.217 e. The summed E-state index contributed by atoms with van der Waals surface area (Å²) in [6, 6.07) is 14.4. The summed E-state index contributed by atoms with van der Waals surface area (Å²) in [5, 5.41) is 14.0. The number of nitrogens with one attached hydrogen (secondary N) is 1. The second-order valence-electron chi connectivity index (χ2n) is 7.53. The zero-order valence-electron chi connectivity index (χ0n) is 17.2. The number of nitrogens with zero attached hydrogens (tertiary/aromatic N) is 1. The Labute approximate surface area is 171 Å². The maximum Gasteiger partial charge on any atom is 0.217 e. The molecule has 1 aromatic heterocycles. The van der Waals surface area contributed by atoms with Gasteiger partial charge in [0, 0.05) is 17.8 Å². The Morgan fingerprint density at radius 1 is 1.00 bits per heavy atom. The number of hydrogen-bond acceptors (Lipinski definition) is 5. The molecule has 0 aliphatic carbocycles. The number of methoxy groups -OCH3 is 2. The van der Waals surface area contributed by atoms with Crippen molar-refractivity contribution in [2.75, 3.05) is 14.2 Å². The molecule has 2 aromatic carbocycles. The van der Waals surface area contributed by atoms with Crippen LogP contribution in [0.25, 0.3) is 0 Å². The molecule has 0 spiro atoms. The quantitative estimate of drug-likeness (QED) is 0.691. The normalized spacial score (nSPS) is 18.2. The van der Waals surface area contributed by atoms with Gasteiger partial charge in [-0.3, -0.25) is 5.32 Å². The highest BCUT2D eigenvalue weighted by atomic mass is 16.5. The summed E-state index contributed by atoms with van der Waals surface area (Å²) in [4.78, 5) is 4.38. The third kappa shape index (κ3) is 3.54. The van der Waals surface area contributed by atoms with Gasteiger partial charge < -0.3 is 14.6 Å². The maximum atomic E-state index is 10.2. The van der Waals surface area contributed by atoms with Crippen LogP contribution in [0.1, 0.15) is 45.5 Å². The average Bonchev–Trinajstić information content (AvgIpc) is 2.75. The fourth-order valence-corrected chi connectivity index (χ4v) is 4.21. The highest BCUT2D eigenvalue weighted by Gasteiger charge is 2.31. The molecule has 29 heavy (non-hydrogen) atoms. The van der Waals surface area contributed by atoms with E-state index in [1.54, 1.807) is 20.4 Å². The molecule has 0 fully saturated rings.